The zero-order chi connectivity index (χ0) is 21.0. The van der Waals surface area contributed by atoms with Crippen LogP contribution < -0.4 is 4.74 Å². The molecule has 9 heteroatoms. The molecule has 1 aromatic heterocycles. The van der Waals surface area contributed by atoms with E-state index in [1.165, 1.54) is 12.8 Å². The Hall–Kier alpha value is -0.830. The molecule has 2 unspecified atom stereocenters. The van der Waals surface area contributed by atoms with Crippen LogP contribution >= 0.6 is 36.1 Å². The van der Waals surface area contributed by atoms with E-state index in [-0.39, 0.29) is 3.89 Å². The van der Waals surface area contributed by atoms with Gasteiger partial charge in [0.1, 0.15) is 12.2 Å². The van der Waals surface area contributed by atoms with Gasteiger partial charge < -0.3 is 9.47 Å². The van der Waals surface area contributed by atoms with Gasteiger partial charge in [0, 0.05) is 30.0 Å². The molecule has 1 aliphatic rings. The standard InChI is InChI=1S/C17H27ClN3O3S2.C2H6/c1-3-5-6-7-11-23-16-15(19-26-20-16)13-9-8-10-21(25,12-13)14(4-2)24-17(18)22;1-2/h9,14,25H,3-8,10-12H2,1-2H3;1-2H3/q+1;. The Kier molecular flexibility index (Phi) is 12.1. The number of halogens is 1. The third-order valence-corrected chi connectivity index (χ3v) is 5.66. The summed E-state index contributed by atoms with van der Waals surface area (Å²) in [7, 11) is 0. The molecular formula is C19H33ClN3O3S2+. The molecule has 0 saturated heterocycles. The molecule has 0 aromatic carbocycles. The Morgan fingerprint density at radius 2 is 2.07 bits per heavy atom. The lowest BCUT2D eigenvalue weighted by Crippen LogP contribution is -2.52. The lowest BCUT2D eigenvalue weighted by atomic mass is 10.1. The summed E-state index contributed by atoms with van der Waals surface area (Å²) in [4.78, 5) is 11.2. The normalized spacial score (nSPS) is 19.9. The molecule has 6 nitrogen and oxygen atoms in total. The largest absolute Gasteiger partial charge is 0.475 e. The summed E-state index contributed by atoms with van der Waals surface area (Å²) in [6.45, 7) is 10.1. The van der Waals surface area contributed by atoms with E-state index in [0.29, 0.717) is 25.5 Å². The quantitative estimate of drug-likeness (QED) is 0.202. The monoisotopic (exact) mass is 450 g/mol. The molecule has 0 N–H and O–H groups in total. The zero-order valence-electron chi connectivity index (χ0n) is 17.3. The number of carbonyl (C=O) groups is 1. The fraction of sp³-hybridized carbons (Fsp3) is 0.737. The molecule has 2 atom stereocenters. The van der Waals surface area contributed by atoms with E-state index in [4.69, 9.17) is 33.9 Å². The van der Waals surface area contributed by atoms with Crippen LogP contribution in [0.2, 0.25) is 0 Å². The highest BCUT2D eigenvalue weighted by Gasteiger charge is 2.40. The molecule has 0 fully saturated rings. The number of rotatable bonds is 10. The summed E-state index contributed by atoms with van der Waals surface area (Å²) in [6, 6.07) is 0. The number of hydrogen-bond acceptors (Lipinski definition) is 7. The van der Waals surface area contributed by atoms with Gasteiger partial charge in [-0.15, -0.1) is 4.37 Å². The second kappa shape index (κ2) is 13.4. The fourth-order valence-corrected chi connectivity index (χ4v) is 4.23. The number of aromatic nitrogens is 2. The van der Waals surface area contributed by atoms with Crippen LogP contribution in [0.5, 0.6) is 5.88 Å². The number of ether oxygens (including phenoxy) is 2. The summed E-state index contributed by atoms with van der Waals surface area (Å²) in [5.41, 5.74) is 0.993. The van der Waals surface area contributed by atoms with Crippen LogP contribution in [0.25, 0.3) is 5.57 Å². The summed E-state index contributed by atoms with van der Waals surface area (Å²) in [5.74, 6) is 0.585. The van der Waals surface area contributed by atoms with E-state index in [9.17, 15) is 4.79 Å². The first-order valence-corrected chi connectivity index (χ1v) is 11.6. The van der Waals surface area contributed by atoms with Crippen LogP contribution in [0.1, 0.15) is 71.9 Å². The van der Waals surface area contributed by atoms with Crippen molar-refractivity contribution >= 4 is 47.1 Å². The van der Waals surface area contributed by atoms with Crippen molar-refractivity contribution in [3.63, 3.8) is 0 Å². The third kappa shape index (κ3) is 7.54. The molecule has 2 rings (SSSR count). The number of quaternary nitrogens is 1. The Morgan fingerprint density at radius 3 is 2.71 bits per heavy atom. The second-order valence-electron chi connectivity index (χ2n) is 6.43. The first-order chi connectivity index (χ1) is 13.5. The van der Waals surface area contributed by atoms with Crippen molar-refractivity contribution in [3.8, 4) is 5.88 Å². The van der Waals surface area contributed by atoms with Crippen molar-refractivity contribution in [1.82, 2.24) is 8.75 Å². The van der Waals surface area contributed by atoms with Crippen molar-refractivity contribution in [2.24, 2.45) is 0 Å². The van der Waals surface area contributed by atoms with Gasteiger partial charge in [-0.3, -0.25) is 0 Å². The number of hydrogen-bond donors (Lipinski definition) is 1. The zero-order valence-corrected chi connectivity index (χ0v) is 19.8. The molecule has 2 heterocycles. The Balaban J connectivity index is 0.00000190. The van der Waals surface area contributed by atoms with E-state index in [1.807, 2.05) is 20.8 Å². The van der Waals surface area contributed by atoms with E-state index in [1.54, 1.807) is 0 Å². The minimum Gasteiger partial charge on any atom is -0.475 e. The number of unbranched alkanes of at least 4 members (excludes halogenated alkanes) is 3. The Morgan fingerprint density at radius 1 is 1.32 bits per heavy atom. The molecule has 160 valence electrons. The van der Waals surface area contributed by atoms with Gasteiger partial charge in [0.25, 0.3) is 5.88 Å². The van der Waals surface area contributed by atoms with Gasteiger partial charge in [-0.05, 0) is 6.42 Å². The minimum absolute atomic E-state index is 0.286. The molecule has 0 bridgehead atoms. The van der Waals surface area contributed by atoms with E-state index in [0.717, 1.165) is 48.8 Å². The Bertz CT molecular complexity index is 627. The van der Waals surface area contributed by atoms with Crippen LogP contribution in [0.4, 0.5) is 4.79 Å². The van der Waals surface area contributed by atoms with Crippen LogP contribution in [0, 0.1) is 0 Å². The van der Waals surface area contributed by atoms with Gasteiger partial charge in [-0.25, -0.2) is 8.68 Å². The van der Waals surface area contributed by atoms with Crippen LogP contribution in [0.15, 0.2) is 6.08 Å². The maximum atomic E-state index is 11.2. The summed E-state index contributed by atoms with van der Waals surface area (Å²) in [5, 5.41) is 0. The predicted octanol–water partition coefficient (Wildman–Crippen LogP) is 6.08. The molecule has 0 spiro atoms. The summed E-state index contributed by atoms with van der Waals surface area (Å²) in [6.07, 6.45) is 7.76. The van der Waals surface area contributed by atoms with Gasteiger partial charge in [0.2, 0.25) is 6.23 Å². The van der Waals surface area contributed by atoms with Crippen LogP contribution in [-0.4, -0.2) is 44.0 Å². The highest BCUT2D eigenvalue weighted by atomic mass is 35.5. The molecule has 1 aromatic rings. The lowest BCUT2D eigenvalue weighted by Gasteiger charge is -2.39. The number of thiol groups is 1. The van der Waals surface area contributed by atoms with Crippen molar-refractivity contribution in [2.75, 3.05) is 19.7 Å². The van der Waals surface area contributed by atoms with Crippen molar-refractivity contribution in [3.05, 3.63) is 11.8 Å². The van der Waals surface area contributed by atoms with Crippen LogP contribution in [0.3, 0.4) is 0 Å². The van der Waals surface area contributed by atoms with Gasteiger partial charge in [-0.1, -0.05) is 53.0 Å². The second-order valence-corrected chi connectivity index (χ2v) is 8.07. The van der Waals surface area contributed by atoms with Crippen molar-refractivity contribution < 1.29 is 18.2 Å². The van der Waals surface area contributed by atoms with Crippen molar-refractivity contribution in [1.29, 1.82) is 0 Å². The lowest BCUT2D eigenvalue weighted by molar-refractivity contribution is -0.837. The first-order valence-electron chi connectivity index (χ1n) is 10.1. The summed E-state index contributed by atoms with van der Waals surface area (Å²) >= 11 is 11.4. The average molecular weight is 451 g/mol. The summed E-state index contributed by atoms with van der Waals surface area (Å²) < 4.78 is 20.1. The molecule has 0 amide bonds. The predicted molar refractivity (Wildman–Crippen MR) is 119 cm³/mol. The minimum atomic E-state index is -0.800. The maximum absolute atomic E-state index is 11.2. The average Bonchev–Trinajstić information content (AvgIpc) is 3.16. The molecular weight excluding hydrogens is 418 g/mol. The molecule has 0 radical (unpaired) electrons. The van der Waals surface area contributed by atoms with Gasteiger partial charge in [-0.2, -0.15) is 4.37 Å². The van der Waals surface area contributed by atoms with E-state index >= 15 is 0 Å². The smallest absolute Gasteiger partial charge is 0.408 e. The fourth-order valence-electron chi connectivity index (χ4n) is 3.12. The van der Waals surface area contributed by atoms with Crippen molar-refractivity contribution in [2.45, 2.75) is 72.4 Å². The molecule has 1 aliphatic heterocycles. The SMILES string of the molecule is CC.CCCCCCOc1nsnc1C1=CCC[N+](S)(C(CC)OC(=O)Cl)C1. The molecule has 28 heavy (non-hydrogen) atoms. The topological polar surface area (TPSA) is 61.3 Å². The third-order valence-electron chi connectivity index (χ3n) is 4.46. The maximum Gasteiger partial charge on any atom is 0.408 e. The highest BCUT2D eigenvalue weighted by molar-refractivity contribution is 7.74. The van der Waals surface area contributed by atoms with E-state index < -0.39 is 11.7 Å². The number of carbonyl (C=O) groups excluding carboxylic acids is 1. The van der Waals surface area contributed by atoms with Gasteiger partial charge in [0.05, 0.1) is 37.7 Å². The molecule has 0 aliphatic carbocycles. The van der Waals surface area contributed by atoms with Gasteiger partial charge >= 0.3 is 5.43 Å². The highest BCUT2D eigenvalue weighted by Crippen LogP contribution is 2.35. The number of nitrogens with zero attached hydrogens (tertiary/aromatic N) is 3. The Labute approximate surface area is 183 Å². The first kappa shape index (κ1) is 25.2. The molecule has 0 saturated carbocycles. The van der Waals surface area contributed by atoms with Crippen LogP contribution in [-0.2, 0) is 4.74 Å². The van der Waals surface area contributed by atoms with E-state index in [2.05, 4.69) is 21.7 Å². The van der Waals surface area contributed by atoms with Gasteiger partial charge in [0.15, 0.2) is 0 Å².